The monoisotopic (exact) mass is 130 g/mol. The molecule has 0 bridgehead atoms. The van der Waals surface area contributed by atoms with Crippen LogP contribution in [0.25, 0.3) is 12.2 Å². The van der Waals surface area contributed by atoms with Crippen molar-refractivity contribution >= 4 is 18.4 Å². The summed E-state index contributed by atoms with van der Waals surface area (Å²) in [4.78, 5) is 10.3. The normalized spacial score (nSPS) is 12.0. The van der Waals surface area contributed by atoms with Crippen molar-refractivity contribution in [2.75, 3.05) is 0 Å². The standard InChI is InChI=1S/C9H6O/c10-6-7-1-2-8-3-4-9(8)5-7/h1-6H. The first kappa shape index (κ1) is 5.42. The third-order valence-electron chi connectivity index (χ3n) is 1.69. The number of carbonyl (C=O) groups is 1. The van der Waals surface area contributed by atoms with Crippen molar-refractivity contribution in [3.63, 3.8) is 0 Å². The number of fused-ring (bicyclic) bond motifs is 1. The molecule has 0 heterocycles. The number of carbonyl (C=O) groups excluding carboxylic acids is 1. The Hall–Kier alpha value is -1.37. The van der Waals surface area contributed by atoms with Gasteiger partial charge >= 0.3 is 0 Å². The van der Waals surface area contributed by atoms with Gasteiger partial charge in [0.2, 0.25) is 0 Å². The van der Waals surface area contributed by atoms with Crippen LogP contribution in [0.2, 0.25) is 0 Å². The highest BCUT2D eigenvalue weighted by atomic mass is 16.1. The van der Waals surface area contributed by atoms with Gasteiger partial charge in [-0.25, -0.2) is 0 Å². The minimum Gasteiger partial charge on any atom is -0.298 e. The predicted octanol–water partition coefficient (Wildman–Crippen LogP) is 1.98. The molecule has 0 unspecified atom stereocenters. The summed E-state index contributed by atoms with van der Waals surface area (Å²) in [5.41, 5.74) is 3.15. The molecule has 0 radical (unpaired) electrons. The molecule has 1 heteroatoms. The molecule has 48 valence electrons. The Balaban J connectivity index is 2.56. The molecule has 1 nitrogen and oxygen atoms in total. The lowest BCUT2D eigenvalue weighted by Crippen LogP contribution is -1.90. The van der Waals surface area contributed by atoms with Crippen LogP contribution in [0.3, 0.4) is 0 Å². The molecule has 1 aromatic carbocycles. The fraction of sp³-hybridized carbons (Fsp3) is 0. The minimum absolute atomic E-state index is 0.753. The minimum atomic E-state index is 0.753. The first-order valence-corrected chi connectivity index (χ1v) is 3.17. The van der Waals surface area contributed by atoms with E-state index < -0.39 is 0 Å². The van der Waals surface area contributed by atoms with Crippen LogP contribution in [0.15, 0.2) is 18.2 Å². The van der Waals surface area contributed by atoms with Gasteiger partial charge in [0.25, 0.3) is 0 Å². The first-order valence-electron chi connectivity index (χ1n) is 3.17. The van der Waals surface area contributed by atoms with Crippen molar-refractivity contribution in [2.24, 2.45) is 0 Å². The van der Waals surface area contributed by atoms with E-state index in [0.717, 1.165) is 11.8 Å². The number of hydrogen-bond donors (Lipinski definition) is 0. The molecule has 0 amide bonds. The molecule has 0 fully saturated rings. The maximum atomic E-state index is 10.3. The number of benzene rings is 1. The van der Waals surface area contributed by atoms with Crippen LogP contribution in [-0.2, 0) is 0 Å². The lowest BCUT2D eigenvalue weighted by atomic mass is 9.96. The van der Waals surface area contributed by atoms with Gasteiger partial charge in [-0.05, 0) is 17.2 Å². The Kier molecular flexibility index (Phi) is 0.978. The number of rotatable bonds is 1. The van der Waals surface area contributed by atoms with Gasteiger partial charge in [-0.3, -0.25) is 4.79 Å². The molecule has 1 aromatic rings. The van der Waals surface area contributed by atoms with E-state index in [2.05, 4.69) is 0 Å². The van der Waals surface area contributed by atoms with E-state index >= 15 is 0 Å². The summed E-state index contributed by atoms with van der Waals surface area (Å²) in [6.45, 7) is 0. The van der Waals surface area contributed by atoms with Crippen molar-refractivity contribution in [1.29, 1.82) is 0 Å². The van der Waals surface area contributed by atoms with Crippen LogP contribution in [0, 0.1) is 0 Å². The molecule has 0 atom stereocenters. The third-order valence-corrected chi connectivity index (χ3v) is 1.69. The van der Waals surface area contributed by atoms with Crippen molar-refractivity contribution in [1.82, 2.24) is 0 Å². The molecular weight excluding hydrogens is 124 g/mol. The van der Waals surface area contributed by atoms with Gasteiger partial charge in [-0.2, -0.15) is 0 Å². The molecule has 0 saturated carbocycles. The number of aldehydes is 1. The Labute approximate surface area is 59.0 Å². The quantitative estimate of drug-likeness (QED) is 0.539. The van der Waals surface area contributed by atoms with Crippen molar-refractivity contribution < 1.29 is 4.79 Å². The molecule has 1 aliphatic rings. The van der Waals surface area contributed by atoms with E-state index in [4.69, 9.17) is 0 Å². The summed E-state index contributed by atoms with van der Waals surface area (Å²) >= 11 is 0. The van der Waals surface area contributed by atoms with Crippen molar-refractivity contribution in [2.45, 2.75) is 0 Å². The van der Waals surface area contributed by atoms with Crippen LogP contribution in [0.4, 0.5) is 0 Å². The van der Waals surface area contributed by atoms with Crippen LogP contribution in [0.1, 0.15) is 21.5 Å². The van der Waals surface area contributed by atoms with Gasteiger partial charge in [0.15, 0.2) is 0 Å². The summed E-state index contributed by atoms with van der Waals surface area (Å²) < 4.78 is 0. The first-order chi connectivity index (χ1) is 4.90. The molecule has 0 aliphatic heterocycles. The zero-order chi connectivity index (χ0) is 6.97. The molecule has 0 saturated heterocycles. The van der Waals surface area contributed by atoms with Crippen LogP contribution >= 0.6 is 0 Å². The highest BCUT2D eigenvalue weighted by molar-refractivity contribution is 5.88. The Morgan fingerprint density at radius 3 is 2.40 bits per heavy atom. The molecular formula is C9H6O. The van der Waals surface area contributed by atoms with E-state index in [1.807, 2.05) is 30.4 Å². The second kappa shape index (κ2) is 1.81. The molecule has 2 rings (SSSR count). The van der Waals surface area contributed by atoms with Gasteiger partial charge in [-0.1, -0.05) is 24.3 Å². The van der Waals surface area contributed by atoms with Gasteiger partial charge in [-0.15, -0.1) is 0 Å². The SMILES string of the molecule is O=Cc1ccc2c(c1)C=C2. The van der Waals surface area contributed by atoms with Crippen molar-refractivity contribution in [3.05, 3.63) is 34.9 Å². The summed E-state index contributed by atoms with van der Waals surface area (Å²) in [6, 6.07) is 5.68. The molecule has 0 N–H and O–H groups in total. The zero-order valence-electron chi connectivity index (χ0n) is 5.37. The van der Waals surface area contributed by atoms with E-state index in [9.17, 15) is 4.79 Å². The van der Waals surface area contributed by atoms with Gasteiger partial charge in [0.05, 0.1) is 0 Å². The average molecular weight is 130 g/mol. The van der Waals surface area contributed by atoms with E-state index in [1.54, 1.807) is 0 Å². The molecule has 0 aromatic heterocycles. The van der Waals surface area contributed by atoms with Crippen molar-refractivity contribution in [3.8, 4) is 0 Å². The topological polar surface area (TPSA) is 17.1 Å². The Morgan fingerprint density at radius 2 is 1.90 bits per heavy atom. The maximum Gasteiger partial charge on any atom is 0.150 e. The van der Waals surface area contributed by atoms with E-state index in [-0.39, 0.29) is 0 Å². The fourth-order valence-electron chi connectivity index (χ4n) is 1.05. The summed E-state index contributed by atoms with van der Waals surface area (Å²) in [5.74, 6) is 0. The maximum absolute atomic E-state index is 10.3. The highest BCUT2D eigenvalue weighted by Crippen LogP contribution is 2.23. The lowest BCUT2D eigenvalue weighted by molar-refractivity contribution is 0.112. The summed E-state index contributed by atoms with van der Waals surface area (Å²) in [6.07, 6.45) is 4.90. The highest BCUT2D eigenvalue weighted by Gasteiger charge is 2.04. The Morgan fingerprint density at radius 1 is 1.10 bits per heavy atom. The van der Waals surface area contributed by atoms with Gasteiger partial charge in [0, 0.05) is 5.56 Å². The fourth-order valence-corrected chi connectivity index (χ4v) is 1.05. The third kappa shape index (κ3) is 0.605. The largest absolute Gasteiger partial charge is 0.298 e. The van der Waals surface area contributed by atoms with E-state index in [1.165, 1.54) is 11.1 Å². The smallest absolute Gasteiger partial charge is 0.150 e. The molecule has 1 aliphatic carbocycles. The lowest BCUT2D eigenvalue weighted by Gasteiger charge is -2.08. The van der Waals surface area contributed by atoms with E-state index in [0.29, 0.717) is 0 Å². The van der Waals surface area contributed by atoms with Crippen LogP contribution in [0.5, 0.6) is 0 Å². The molecule has 0 spiro atoms. The summed E-state index contributed by atoms with van der Waals surface area (Å²) in [7, 11) is 0. The zero-order valence-corrected chi connectivity index (χ0v) is 5.37. The average Bonchev–Trinajstić information content (AvgIpc) is 1.92. The van der Waals surface area contributed by atoms with Crippen LogP contribution < -0.4 is 0 Å². The Bertz CT molecular complexity index is 310. The second-order valence-electron chi connectivity index (χ2n) is 2.34. The molecule has 10 heavy (non-hydrogen) atoms. The van der Waals surface area contributed by atoms with Crippen LogP contribution in [-0.4, -0.2) is 6.29 Å². The van der Waals surface area contributed by atoms with Gasteiger partial charge < -0.3 is 0 Å². The number of hydrogen-bond acceptors (Lipinski definition) is 1. The van der Waals surface area contributed by atoms with Gasteiger partial charge in [0.1, 0.15) is 6.29 Å². The summed E-state index contributed by atoms with van der Waals surface area (Å²) in [5, 5.41) is 0. The second-order valence-corrected chi connectivity index (χ2v) is 2.34. The predicted molar refractivity (Wildman–Crippen MR) is 40.8 cm³/mol.